The van der Waals surface area contributed by atoms with Gasteiger partial charge in [0.2, 0.25) is 0 Å². The van der Waals surface area contributed by atoms with E-state index in [1.54, 1.807) is 27.4 Å². The van der Waals surface area contributed by atoms with Gasteiger partial charge in [-0.25, -0.2) is 0 Å². The summed E-state index contributed by atoms with van der Waals surface area (Å²) in [6.45, 7) is 7.52. The van der Waals surface area contributed by atoms with E-state index >= 15 is 0 Å². The normalized spacial score (nSPS) is 11.3. The van der Waals surface area contributed by atoms with E-state index in [4.69, 9.17) is 14.2 Å². The first kappa shape index (κ1) is 23.3. The van der Waals surface area contributed by atoms with Gasteiger partial charge in [0, 0.05) is 30.3 Å². The average Bonchev–Trinajstić information content (AvgIpc) is 2.80. The number of carbonyl (C=O) groups excluding carboxylic acids is 1. The molecule has 2 rings (SSSR count). The van der Waals surface area contributed by atoms with Crippen LogP contribution in [0.5, 0.6) is 17.2 Å². The first-order valence-electron chi connectivity index (χ1n) is 10.2. The fourth-order valence-corrected chi connectivity index (χ4v) is 3.18. The first-order valence-corrected chi connectivity index (χ1v) is 10.2. The zero-order chi connectivity index (χ0) is 21.9. The molecule has 6 heteroatoms. The van der Waals surface area contributed by atoms with Crippen LogP contribution in [0.4, 0.5) is 0 Å². The van der Waals surface area contributed by atoms with Crippen LogP contribution in [0.3, 0.4) is 0 Å². The molecule has 0 saturated heterocycles. The second kappa shape index (κ2) is 11.9. The Morgan fingerprint density at radius 1 is 0.933 bits per heavy atom. The lowest BCUT2D eigenvalue weighted by Crippen LogP contribution is -2.35. The van der Waals surface area contributed by atoms with Crippen LogP contribution < -0.4 is 19.5 Å². The lowest BCUT2D eigenvalue weighted by molar-refractivity contribution is -0.115. The third-order valence-electron chi connectivity index (χ3n) is 4.97. The number of hydrogen-bond acceptors (Lipinski definition) is 5. The molecule has 0 spiro atoms. The minimum absolute atomic E-state index is 0.134. The zero-order valence-electron chi connectivity index (χ0n) is 18.5. The van der Waals surface area contributed by atoms with Crippen LogP contribution in [0.2, 0.25) is 0 Å². The molecule has 0 aliphatic carbocycles. The second-order valence-corrected chi connectivity index (χ2v) is 6.66. The lowest BCUT2D eigenvalue weighted by atomic mass is 10.0. The number of benzene rings is 2. The summed E-state index contributed by atoms with van der Waals surface area (Å²) in [5.74, 6) is 1.59. The average molecular weight is 413 g/mol. The van der Waals surface area contributed by atoms with E-state index in [-0.39, 0.29) is 5.91 Å². The molecule has 1 amide bonds. The van der Waals surface area contributed by atoms with Crippen molar-refractivity contribution in [2.75, 3.05) is 47.5 Å². The van der Waals surface area contributed by atoms with Crippen LogP contribution in [-0.4, -0.2) is 58.3 Å². The summed E-state index contributed by atoms with van der Waals surface area (Å²) in [6, 6.07) is 13.2. The van der Waals surface area contributed by atoms with Crippen LogP contribution in [0.25, 0.3) is 11.6 Å². The predicted octanol–water partition coefficient (Wildman–Crippen LogP) is 3.71. The molecule has 2 aromatic carbocycles. The lowest BCUT2D eigenvalue weighted by Gasteiger charge is -2.18. The van der Waals surface area contributed by atoms with Crippen molar-refractivity contribution < 1.29 is 19.0 Å². The molecule has 0 unspecified atom stereocenters. The quantitative estimate of drug-likeness (QED) is 0.450. The number of likely N-dealkylation sites (N-methyl/N-ethyl adjacent to an activating group) is 1. The highest BCUT2D eigenvalue weighted by Crippen LogP contribution is 2.36. The van der Waals surface area contributed by atoms with Crippen molar-refractivity contribution >= 4 is 17.6 Å². The van der Waals surface area contributed by atoms with Gasteiger partial charge in [-0.3, -0.25) is 4.79 Å². The monoisotopic (exact) mass is 412 g/mol. The van der Waals surface area contributed by atoms with E-state index in [1.165, 1.54) is 0 Å². The minimum atomic E-state index is -0.134. The first-order chi connectivity index (χ1) is 14.6. The second-order valence-electron chi connectivity index (χ2n) is 6.66. The Balaban J connectivity index is 2.41. The fraction of sp³-hybridized carbons (Fsp3) is 0.375. The molecular weight excluding hydrogens is 380 g/mol. The molecule has 30 heavy (non-hydrogen) atoms. The van der Waals surface area contributed by atoms with E-state index in [1.807, 2.05) is 42.5 Å². The third-order valence-corrected chi connectivity index (χ3v) is 4.97. The van der Waals surface area contributed by atoms with Gasteiger partial charge in [-0.2, -0.15) is 0 Å². The van der Waals surface area contributed by atoms with Gasteiger partial charge in [0.05, 0.1) is 21.3 Å². The molecule has 6 nitrogen and oxygen atoms in total. The molecule has 0 radical (unpaired) electrons. The van der Waals surface area contributed by atoms with Crippen LogP contribution in [0.1, 0.15) is 25.0 Å². The van der Waals surface area contributed by atoms with Gasteiger partial charge in [-0.05, 0) is 30.8 Å². The molecule has 162 valence electrons. The molecule has 1 N–H and O–H groups in total. The predicted molar refractivity (Wildman–Crippen MR) is 121 cm³/mol. The molecule has 0 aromatic heterocycles. The zero-order valence-corrected chi connectivity index (χ0v) is 18.5. The smallest absolute Gasteiger partial charge is 0.251 e. The highest BCUT2D eigenvalue weighted by atomic mass is 16.5. The van der Waals surface area contributed by atoms with Crippen LogP contribution in [0, 0.1) is 0 Å². The largest absolute Gasteiger partial charge is 0.496 e. The Morgan fingerprint density at radius 3 is 2.10 bits per heavy atom. The number of ether oxygens (including phenoxy) is 3. The summed E-state index contributed by atoms with van der Waals surface area (Å²) in [7, 11) is 4.74. The Hall–Kier alpha value is -2.99. The van der Waals surface area contributed by atoms with E-state index in [9.17, 15) is 4.79 Å². The number of methoxy groups -OCH3 is 3. The Morgan fingerprint density at radius 2 is 1.53 bits per heavy atom. The maximum absolute atomic E-state index is 13.1. The van der Waals surface area contributed by atoms with Gasteiger partial charge >= 0.3 is 0 Å². The summed E-state index contributed by atoms with van der Waals surface area (Å²) in [5.41, 5.74) is 2.11. The minimum Gasteiger partial charge on any atom is -0.496 e. The van der Waals surface area contributed by atoms with Crippen molar-refractivity contribution in [3.8, 4) is 17.2 Å². The molecule has 0 aliphatic heterocycles. The molecular formula is C24H32N2O4. The van der Waals surface area contributed by atoms with Gasteiger partial charge in [0.25, 0.3) is 5.91 Å². The van der Waals surface area contributed by atoms with Crippen LogP contribution in [-0.2, 0) is 4.79 Å². The highest BCUT2D eigenvalue weighted by Gasteiger charge is 2.16. The number of nitrogens with one attached hydrogen (secondary N) is 1. The van der Waals surface area contributed by atoms with Gasteiger partial charge in [0.15, 0.2) is 11.5 Å². The SMILES string of the molecule is CCN(CC)CCNC(=O)/C(=C\c1cc(OC)c(OC)cc1OC)c1ccccc1. The van der Waals surface area contributed by atoms with E-state index < -0.39 is 0 Å². The Kier molecular flexibility index (Phi) is 9.22. The number of carbonyl (C=O) groups is 1. The summed E-state index contributed by atoms with van der Waals surface area (Å²) in [4.78, 5) is 15.4. The van der Waals surface area contributed by atoms with Crippen LogP contribution >= 0.6 is 0 Å². The van der Waals surface area contributed by atoms with Crippen molar-refractivity contribution in [2.24, 2.45) is 0 Å². The fourth-order valence-electron chi connectivity index (χ4n) is 3.18. The summed E-state index contributed by atoms with van der Waals surface area (Å²) < 4.78 is 16.3. The highest BCUT2D eigenvalue weighted by molar-refractivity contribution is 6.24. The summed E-state index contributed by atoms with van der Waals surface area (Å²) in [5, 5.41) is 3.04. The Bertz CT molecular complexity index is 846. The van der Waals surface area contributed by atoms with Gasteiger partial charge in [0.1, 0.15) is 5.75 Å². The maximum atomic E-state index is 13.1. The molecule has 0 saturated carbocycles. The molecule has 0 atom stereocenters. The van der Waals surface area contributed by atoms with Gasteiger partial charge in [-0.15, -0.1) is 0 Å². The topological polar surface area (TPSA) is 60.0 Å². The van der Waals surface area contributed by atoms with Crippen molar-refractivity contribution in [2.45, 2.75) is 13.8 Å². The number of nitrogens with zero attached hydrogens (tertiary/aromatic N) is 1. The number of hydrogen-bond donors (Lipinski definition) is 1. The third kappa shape index (κ3) is 6.00. The van der Waals surface area contributed by atoms with Crippen molar-refractivity contribution in [1.82, 2.24) is 10.2 Å². The molecule has 0 bridgehead atoms. The molecule has 2 aromatic rings. The summed E-state index contributed by atoms with van der Waals surface area (Å²) in [6.07, 6.45) is 1.82. The Labute approximate surface area is 179 Å². The van der Waals surface area contributed by atoms with Crippen LogP contribution in [0.15, 0.2) is 42.5 Å². The van der Waals surface area contributed by atoms with Crippen molar-refractivity contribution in [3.63, 3.8) is 0 Å². The van der Waals surface area contributed by atoms with E-state index in [2.05, 4.69) is 24.1 Å². The number of rotatable bonds is 11. The summed E-state index contributed by atoms with van der Waals surface area (Å²) >= 11 is 0. The maximum Gasteiger partial charge on any atom is 0.251 e. The standard InChI is InChI=1S/C24H32N2O4/c1-6-26(7-2)14-13-25-24(27)20(18-11-9-8-10-12-18)15-19-16-22(29-4)23(30-5)17-21(19)28-3/h8-12,15-17H,6-7,13-14H2,1-5H3,(H,25,27)/b20-15-. The van der Waals surface area contributed by atoms with Crippen molar-refractivity contribution in [1.29, 1.82) is 0 Å². The molecule has 0 heterocycles. The van der Waals surface area contributed by atoms with Crippen molar-refractivity contribution in [3.05, 3.63) is 53.6 Å². The van der Waals surface area contributed by atoms with E-state index in [0.29, 0.717) is 29.4 Å². The van der Waals surface area contributed by atoms with Gasteiger partial charge in [-0.1, -0.05) is 44.2 Å². The molecule has 0 aliphatic rings. The molecule has 0 fully saturated rings. The van der Waals surface area contributed by atoms with Gasteiger partial charge < -0.3 is 24.4 Å². The van der Waals surface area contributed by atoms with E-state index in [0.717, 1.165) is 30.8 Å². The number of amides is 1.